The van der Waals surface area contributed by atoms with Crippen molar-refractivity contribution in [2.24, 2.45) is 0 Å². The number of aryl methyl sites for hydroxylation is 1. The Labute approximate surface area is 162 Å². The number of anilines is 3. The van der Waals surface area contributed by atoms with Crippen LogP contribution in [-0.4, -0.2) is 29.0 Å². The van der Waals surface area contributed by atoms with Gasteiger partial charge in [0.2, 0.25) is 5.95 Å². The second-order valence-corrected chi connectivity index (χ2v) is 6.19. The molecule has 0 saturated heterocycles. The number of rotatable bonds is 5. The number of nitrogens with zero attached hydrogens (tertiary/aromatic N) is 2. The third kappa shape index (κ3) is 4.32. The van der Waals surface area contributed by atoms with E-state index < -0.39 is 5.97 Å². The van der Waals surface area contributed by atoms with Gasteiger partial charge >= 0.3 is 5.97 Å². The Bertz CT molecular complexity index is 999. The van der Waals surface area contributed by atoms with Gasteiger partial charge in [-0.1, -0.05) is 12.1 Å². The van der Waals surface area contributed by atoms with Crippen LogP contribution in [-0.2, 0) is 4.74 Å². The number of esters is 1. The average molecular weight is 376 g/mol. The maximum Gasteiger partial charge on any atom is 0.337 e. The van der Waals surface area contributed by atoms with Crippen LogP contribution in [0.1, 0.15) is 31.8 Å². The molecule has 0 atom stereocenters. The van der Waals surface area contributed by atoms with Gasteiger partial charge in [-0.15, -0.1) is 0 Å². The van der Waals surface area contributed by atoms with E-state index in [0.717, 1.165) is 16.8 Å². The van der Waals surface area contributed by atoms with Crippen LogP contribution in [0, 0.1) is 13.8 Å². The Hall–Kier alpha value is -3.74. The van der Waals surface area contributed by atoms with Crippen molar-refractivity contribution in [1.29, 1.82) is 0 Å². The van der Waals surface area contributed by atoms with Crippen molar-refractivity contribution < 1.29 is 14.3 Å². The summed E-state index contributed by atoms with van der Waals surface area (Å²) in [6.07, 6.45) is 2.91. The van der Waals surface area contributed by atoms with Gasteiger partial charge in [-0.05, 0) is 55.3 Å². The molecular weight excluding hydrogens is 356 g/mol. The van der Waals surface area contributed by atoms with E-state index in [0.29, 0.717) is 22.8 Å². The quantitative estimate of drug-likeness (QED) is 0.657. The highest BCUT2D eigenvalue weighted by Gasteiger charge is 2.10. The molecule has 0 unspecified atom stereocenters. The maximum atomic E-state index is 12.4. The minimum Gasteiger partial charge on any atom is -0.465 e. The SMILES string of the molecule is COC(=O)c1ccc(Nc2ncc(C(=O)Nc3cccc(C)c3C)cn2)cc1. The van der Waals surface area contributed by atoms with Crippen LogP contribution in [0.25, 0.3) is 0 Å². The van der Waals surface area contributed by atoms with Gasteiger partial charge in [-0.2, -0.15) is 0 Å². The Kier molecular flexibility index (Phi) is 5.64. The maximum absolute atomic E-state index is 12.4. The Morgan fingerprint density at radius 1 is 0.929 bits per heavy atom. The topological polar surface area (TPSA) is 93.2 Å². The Morgan fingerprint density at radius 2 is 1.61 bits per heavy atom. The van der Waals surface area contributed by atoms with Crippen LogP contribution in [0.5, 0.6) is 0 Å². The lowest BCUT2D eigenvalue weighted by molar-refractivity contribution is 0.0600. The number of hydrogen-bond acceptors (Lipinski definition) is 6. The summed E-state index contributed by atoms with van der Waals surface area (Å²) in [5, 5.41) is 5.89. The first-order chi connectivity index (χ1) is 13.5. The largest absolute Gasteiger partial charge is 0.465 e. The smallest absolute Gasteiger partial charge is 0.337 e. The van der Waals surface area contributed by atoms with Crippen molar-refractivity contribution in [3.8, 4) is 0 Å². The molecule has 0 fully saturated rings. The number of nitrogens with one attached hydrogen (secondary N) is 2. The van der Waals surface area contributed by atoms with Crippen LogP contribution in [0.3, 0.4) is 0 Å². The molecule has 142 valence electrons. The predicted octanol–water partition coefficient (Wildman–Crippen LogP) is 3.88. The number of carbonyl (C=O) groups is 2. The molecule has 0 spiro atoms. The van der Waals surface area contributed by atoms with Crippen LogP contribution in [0.15, 0.2) is 54.9 Å². The minimum atomic E-state index is -0.401. The number of aromatic nitrogens is 2. The zero-order valence-electron chi connectivity index (χ0n) is 15.8. The van der Waals surface area contributed by atoms with Gasteiger partial charge in [0.05, 0.1) is 18.2 Å². The first-order valence-corrected chi connectivity index (χ1v) is 8.63. The standard InChI is InChI=1S/C21H20N4O3/c1-13-5-4-6-18(14(13)2)25-19(26)16-11-22-21(23-12-16)24-17-9-7-15(8-10-17)20(27)28-3/h4-12H,1-3H3,(H,25,26)(H,22,23,24). The summed E-state index contributed by atoms with van der Waals surface area (Å²) in [6, 6.07) is 12.5. The van der Waals surface area contributed by atoms with E-state index >= 15 is 0 Å². The number of ether oxygens (including phenoxy) is 1. The highest BCUT2D eigenvalue weighted by molar-refractivity contribution is 6.04. The number of amides is 1. The molecule has 0 aliphatic rings. The lowest BCUT2D eigenvalue weighted by Crippen LogP contribution is -2.14. The zero-order chi connectivity index (χ0) is 20.1. The summed E-state index contributed by atoms with van der Waals surface area (Å²) < 4.78 is 4.66. The van der Waals surface area contributed by atoms with E-state index in [2.05, 4.69) is 25.3 Å². The van der Waals surface area contributed by atoms with E-state index in [-0.39, 0.29) is 5.91 Å². The molecule has 3 rings (SSSR count). The van der Waals surface area contributed by atoms with Crippen molar-refractivity contribution in [2.75, 3.05) is 17.7 Å². The van der Waals surface area contributed by atoms with Crippen LogP contribution < -0.4 is 10.6 Å². The summed E-state index contributed by atoms with van der Waals surface area (Å²) in [5.74, 6) is -0.334. The molecule has 0 aliphatic heterocycles. The monoisotopic (exact) mass is 376 g/mol. The van der Waals surface area contributed by atoms with Crippen molar-refractivity contribution >= 4 is 29.2 Å². The minimum absolute atomic E-state index is 0.275. The van der Waals surface area contributed by atoms with E-state index in [1.807, 2.05) is 32.0 Å². The van der Waals surface area contributed by atoms with E-state index in [9.17, 15) is 9.59 Å². The second kappa shape index (κ2) is 8.30. The van der Waals surface area contributed by atoms with E-state index in [4.69, 9.17) is 0 Å². The second-order valence-electron chi connectivity index (χ2n) is 6.19. The lowest BCUT2D eigenvalue weighted by Gasteiger charge is -2.10. The molecule has 2 N–H and O–H groups in total. The van der Waals surface area contributed by atoms with Gasteiger partial charge in [0.25, 0.3) is 5.91 Å². The number of methoxy groups -OCH3 is 1. The molecule has 3 aromatic rings. The van der Waals surface area contributed by atoms with Gasteiger partial charge in [0.1, 0.15) is 0 Å². The number of carbonyl (C=O) groups excluding carboxylic acids is 2. The molecule has 1 aromatic heterocycles. The Balaban J connectivity index is 1.67. The average Bonchev–Trinajstić information content (AvgIpc) is 2.72. The molecule has 0 radical (unpaired) electrons. The zero-order valence-corrected chi connectivity index (χ0v) is 15.8. The van der Waals surface area contributed by atoms with Gasteiger partial charge in [-0.25, -0.2) is 14.8 Å². The fourth-order valence-electron chi connectivity index (χ4n) is 2.53. The fourth-order valence-corrected chi connectivity index (χ4v) is 2.53. The van der Waals surface area contributed by atoms with Crippen molar-refractivity contribution in [3.05, 3.63) is 77.1 Å². The number of benzene rings is 2. The normalized spacial score (nSPS) is 10.2. The van der Waals surface area contributed by atoms with Gasteiger partial charge in [0.15, 0.2) is 0 Å². The summed E-state index contributed by atoms with van der Waals surface area (Å²) in [4.78, 5) is 32.2. The Morgan fingerprint density at radius 3 is 2.25 bits per heavy atom. The van der Waals surface area contributed by atoms with Crippen LogP contribution in [0.2, 0.25) is 0 Å². The summed E-state index contributed by atoms with van der Waals surface area (Å²) in [7, 11) is 1.33. The van der Waals surface area contributed by atoms with Gasteiger partial charge in [0, 0.05) is 23.8 Å². The van der Waals surface area contributed by atoms with Gasteiger partial charge in [-0.3, -0.25) is 4.79 Å². The third-order valence-corrected chi connectivity index (χ3v) is 4.33. The molecule has 0 saturated carbocycles. The van der Waals surface area contributed by atoms with E-state index in [1.54, 1.807) is 24.3 Å². The van der Waals surface area contributed by atoms with Crippen molar-refractivity contribution in [1.82, 2.24) is 9.97 Å². The molecule has 28 heavy (non-hydrogen) atoms. The van der Waals surface area contributed by atoms with Crippen LogP contribution in [0.4, 0.5) is 17.3 Å². The molecule has 1 heterocycles. The molecule has 7 heteroatoms. The number of hydrogen-bond donors (Lipinski definition) is 2. The fraction of sp³-hybridized carbons (Fsp3) is 0.143. The molecule has 0 bridgehead atoms. The molecule has 1 amide bonds. The lowest BCUT2D eigenvalue weighted by atomic mass is 10.1. The van der Waals surface area contributed by atoms with Crippen molar-refractivity contribution in [3.63, 3.8) is 0 Å². The summed E-state index contributed by atoms with van der Waals surface area (Å²) in [5.41, 5.74) is 4.40. The highest BCUT2D eigenvalue weighted by atomic mass is 16.5. The molecule has 2 aromatic carbocycles. The van der Waals surface area contributed by atoms with E-state index in [1.165, 1.54) is 19.5 Å². The summed E-state index contributed by atoms with van der Waals surface area (Å²) >= 11 is 0. The predicted molar refractivity (Wildman–Crippen MR) is 107 cm³/mol. The molecule has 7 nitrogen and oxygen atoms in total. The first kappa shape index (κ1) is 19.0. The summed E-state index contributed by atoms with van der Waals surface area (Å²) in [6.45, 7) is 3.95. The van der Waals surface area contributed by atoms with Crippen molar-refractivity contribution in [2.45, 2.75) is 13.8 Å². The van der Waals surface area contributed by atoms with Gasteiger partial charge < -0.3 is 15.4 Å². The molecule has 0 aliphatic carbocycles. The third-order valence-electron chi connectivity index (χ3n) is 4.33. The molecular formula is C21H20N4O3. The van der Waals surface area contributed by atoms with Crippen LogP contribution >= 0.6 is 0 Å². The first-order valence-electron chi connectivity index (χ1n) is 8.63. The highest BCUT2D eigenvalue weighted by Crippen LogP contribution is 2.19.